The summed E-state index contributed by atoms with van der Waals surface area (Å²) in [7, 11) is 3.31. The zero-order valence-electron chi connectivity index (χ0n) is 40.1. The monoisotopic (exact) mass is 935 g/mol. The fraction of sp³-hybridized carbons (Fsp3) is 0.540. The number of likely N-dealkylation sites (N-methyl/N-ethyl adjacent to an activating group) is 1. The molecule has 358 valence electrons. The van der Waals surface area contributed by atoms with E-state index >= 15 is 0 Å². The zero-order valence-corrected chi connectivity index (χ0v) is 40.9. The highest BCUT2D eigenvalue weighted by atomic mass is 32.1. The fourth-order valence-electron chi connectivity index (χ4n) is 10.6. The van der Waals surface area contributed by atoms with Crippen LogP contribution >= 0.6 is 11.3 Å². The summed E-state index contributed by atoms with van der Waals surface area (Å²) in [4.78, 5) is 84.8. The summed E-state index contributed by atoms with van der Waals surface area (Å²) in [5, 5.41) is 8.15. The van der Waals surface area contributed by atoms with E-state index in [-0.39, 0.29) is 37.0 Å². The van der Waals surface area contributed by atoms with E-state index in [0.29, 0.717) is 57.0 Å². The van der Waals surface area contributed by atoms with Crippen LogP contribution in [0.5, 0.6) is 0 Å². The molecular weight excluding hydrogens is 871 g/mol. The van der Waals surface area contributed by atoms with Crippen molar-refractivity contribution >= 4 is 52.0 Å². The van der Waals surface area contributed by atoms with Crippen molar-refractivity contribution in [1.82, 2.24) is 45.0 Å². The molecule has 3 fully saturated rings. The molecule has 1 spiro atoms. The maximum atomic E-state index is 14.7. The second-order valence-corrected chi connectivity index (χ2v) is 20.7. The van der Waals surface area contributed by atoms with Crippen molar-refractivity contribution in [3.8, 4) is 22.5 Å². The number of aryl methyl sites for hydroxylation is 1. The van der Waals surface area contributed by atoms with Crippen LogP contribution in [-0.4, -0.2) is 135 Å². The van der Waals surface area contributed by atoms with Gasteiger partial charge < -0.3 is 34.1 Å². The van der Waals surface area contributed by atoms with Gasteiger partial charge in [-0.1, -0.05) is 40.3 Å². The van der Waals surface area contributed by atoms with E-state index in [1.54, 1.807) is 30.2 Å². The lowest BCUT2D eigenvalue weighted by Gasteiger charge is -2.53. The molecule has 0 saturated carbocycles. The number of amides is 5. The van der Waals surface area contributed by atoms with Gasteiger partial charge in [-0.05, 0) is 87.8 Å². The highest BCUT2D eigenvalue weighted by molar-refractivity contribution is 7.10. The van der Waals surface area contributed by atoms with Gasteiger partial charge in [-0.15, -0.1) is 11.3 Å². The first-order valence-electron chi connectivity index (χ1n) is 23.6. The first-order chi connectivity index (χ1) is 32.0. The molecule has 16 nitrogen and oxygen atoms in total. The number of cyclic esters (lactones) is 1. The number of likely N-dealkylation sites (tertiary alicyclic amines) is 2. The van der Waals surface area contributed by atoms with Crippen LogP contribution in [0.25, 0.3) is 33.4 Å². The molecule has 4 aliphatic rings. The molecule has 4 atom stereocenters. The predicted molar refractivity (Wildman–Crippen MR) is 257 cm³/mol. The van der Waals surface area contributed by atoms with Crippen LogP contribution in [0, 0.1) is 11.3 Å². The summed E-state index contributed by atoms with van der Waals surface area (Å²) in [6.45, 7) is 18.2. The van der Waals surface area contributed by atoms with Gasteiger partial charge in [-0.3, -0.25) is 29.2 Å². The van der Waals surface area contributed by atoms with Gasteiger partial charge in [0.1, 0.15) is 18.1 Å². The summed E-state index contributed by atoms with van der Waals surface area (Å²) < 4.78 is 14.3. The van der Waals surface area contributed by atoms with E-state index < -0.39 is 46.9 Å². The van der Waals surface area contributed by atoms with Crippen molar-refractivity contribution in [3.05, 3.63) is 70.8 Å². The van der Waals surface area contributed by atoms with E-state index in [2.05, 4.69) is 66.9 Å². The minimum Gasteiger partial charge on any atom is -0.464 e. The minimum atomic E-state index is -1.09. The van der Waals surface area contributed by atoms with Gasteiger partial charge in [0.05, 0.1) is 40.3 Å². The van der Waals surface area contributed by atoms with Crippen LogP contribution in [-0.2, 0) is 48.0 Å². The predicted octanol–water partition coefficient (Wildman–Crippen LogP) is 6.14. The molecule has 3 aromatic heterocycles. The average Bonchev–Trinajstić information content (AvgIpc) is 4.05. The van der Waals surface area contributed by atoms with Crippen LogP contribution in [0.15, 0.2) is 54.6 Å². The smallest absolute Gasteiger partial charge is 0.324 e. The Balaban J connectivity index is 1.15. The number of carbonyl (C=O) groups excluding carboxylic acids is 5. The van der Waals surface area contributed by atoms with Crippen LogP contribution in [0.2, 0.25) is 0 Å². The van der Waals surface area contributed by atoms with Gasteiger partial charge in [-0.25, -0.2) is 15.2 Å². The third-order valence-electron chi connectivity index (χ3n) is 14.1. The Hall–Kier alpha value is -5.65. The van der Waals surface area contributed by atoms with Gasteiger partial charge in [0.2, 0.25) is 11.8 Å². The van der Waals surface area contributed by atoms with Gasteiger partial charge in [0.15, 0.2) is 0 Å². The topological polar surface area (TPSA) is 172 Å². The number of aromatic nitrogens is 3. The summed E-state index contributed by atoms with van der Waals surface area (Å²) >= 11 is 1.41. The molecule has 17 heteroatoms. The number of benzene rings is 1. The summed E-state index contributed by atoms with van der Waals surface area (Å²) in [6.07, 6.45) is 6.03. The lowest BCUT2D eigenvalue weighted by molar-refractivity contribution is -0.155. The van der Waals surface area contributed by atoms with Crippen molar-refractivity contribution in [2.75, 3.05) is 46.9 Å². The molecule has 0 unspecified atom stereocenters. The third-order valence-corrected chi connectivity index (χ3v) is 14.9. The first kappa shape index (κ1) is 47.8. The van der Waals surface area contributed by atoms with Crippen LogP contribution in [0.3, 0.4) is 0 Å². The Morgan fingerprint density at radius 1 is 1.13 bits per heavy atom. The summed E-state index contributed by atoms with van der Waals surface area (Å²) in [5.74, 6) is -1.84. The number of hydrogen-bond acceptors (Lipinski definition) is 11. The molecule has 2 N–H and O–H groups in total. The Kier molecular flexibility index (Phi) is 13.7. The maximum Gasteiger partial charge on any atom is 0.324 e. The zero-order chi connectivity index (χ0) is 47.9. The van der Waals surface area contributed by atoms with Crippen molar-refractivity contribution in [1.29, 1.82) is 0 Å². The molecule has 7 heterocycles. The highest BCUT2D eigenvalue weighted by Crippen LogP contribution is 2.43. The number of fused-ring (bicyclic) bond motifs is 6. The van der Waals surface area contributed by atoms with Crippen molar-refractivity contribution in [3.63, 3.8) is 0 Å². The molecule has 67 heavy (non-hydrogen) atoms. The van der Waals surface area contributed by atoms with Crippen molar-refractivity contribution in [2.45, 2.75) is 116 Å². The number of esters is 1. The lowest BCUT2D eigenvalue weighted by Crippen LogP contribution is -2.71. The number of nitrogens with one attached hydrogen (secondary N) is 2. The van der Waals surface area contributed by atoms with Crippen molar-refractivity contribution < 1.29 is 33.4 Å². The standard InChI is InChI=1S/C50H65N9O7S/c1-10-41(60)56-27-50(28-56)19-14-21-58(50)48(64)55(8)43(30(3)4)45(61)53-37-24-40-52-38(26-67-40)32-17-18-39-34(23-32)35(44(57(39)11-2)33-15-12-20-51-42(33)31(5)65-9)25-49(6,7)29-66-47(63)36-16-13-22-59(54-36)46(37)62/h10,12,15,17-18,20,23,26,30-31,36-37,43,54H,1,11,13-14,16,19,21-22,24-25,27-29H2,2-9H3,(H,53,61)/t31-,36-,37-,43-/m0/s1. The Morgan fingerprint density at radius 2 is 1.91 bits per heavy atom. The second kappa shape index (κ2) is 19.2. The number of rotatable bonds is 9. The fourth-order valence-corrected chi connectivity index (χ4v) is 11.4. The largest absolute Gasteiger partial charge is 0.464 e. The van der Waals surface area contributed by atoms with E-state index in [0.717, 1.165) is 57.5 Å². The number of thiazole rings is 1. The van der Waals surface area contributed by atoms with Gasteiger partial charge in [0, 0.05) is 92.3 Å². The number of nitrogens with zero attached hydrogens (tertiary/aromatic N) is 7. The van der Waals surface area contributed by atoms with Gasteiger partial charge >= 0.3 is 12.0 Å². The molecule has 0 radical (unpaired) electrons. The molecule has 3 saturated heterocycles. The minimum absolute atomic E-state index is 0.0763. The van der Waals surface area contributed by atoms with E-state index in [1.165, 1.54) is 27.3 Å². The molecule has 1 aromatic carbocycles. The number of pyridine rings is 1. The van der Waals surface area contributed by atoms with Crippen LogP contribution in [0.4, 0.5) is 4.79 Å². The quantitative estimate of drug-likeness (QED) is 0.147. The summed E-state index contributed by atoms with van der Waals surface area (Å²) in [6, 6.07) is 7.32. The number of hydrogen-bond donors (Lipinski definition) is 2. The Labute approximate surface area is 397 Å². The molecule has 4 aliphatic heterocycles. The third kappa shape index (κ3) is 9.21. The normalized spacial score (nSPS) is 21.4. The van der Waals surface area contributed by atoms with Crippen LogP contribution in [0.1, 0.15) is 89.6 Å². The lowest BCUT2D eigenvalue weighted by atomic mass is 9.84. The van der Waals surface area contributed by atoms with Crippen LogP contribution < -0.4 is 10.7 Å². The molecule has 8 rings (SSSR count). The SMILES string of the molecule is C=CC(=O)N1CC2(CCCN2C(=O)N(C)[C@H](C(=O)N[C@H]2Cc3nc(cs3)-c3ccc4c(c3)c(c(-c3cccnc3[C@H](C)OC)n4CC)CC(C)(C)COC(=O)[C@@H]3CCCN(N3)C2=O)C(C)C)C1. The number of ether oxygens (including phenoxy) is 2. The molecule has 6 bridgehead atoms. The number of urea groups is 1. The molecule has 0 aliphatic carbocycles. The van der Waals surface area contributed by atoms with Gasteiger partial charge in [0.25, 0.3) is 5.91 Å². The number of hydrazine groups is 1. The average molecular weight is 936 g/mol. The van der Waals surface area contributed by atoms with E-state index in [1.807, 2.05) is 32.2 Å². The maximum absolute atomic E-state index is 14.7. The van der Waals surface area contributed by atoms with Gasteiger partial charge in [-0.2, -0.15) is 0 Å². The van der Waals surface area contributed by atoms with E-state index in [4.69, 9.17) is 19.4 Å². The number of carbonyl (C=O) groups is 5. The molecular formula is C50H65N9O7S. The van der Waals surface area contributed by atoms with Crippen molar-refractivity contribution in [2.24, 2.45) is 11.3 Å². The Bertz CT molecular complexity index is 2560. The molecule has 5 amide bonds. The highest BCUT2D eigenvalue weighted by Gasteiger charge is 2.54. The molecule has 4 aromatic rings. The second-order valence-electron chi connectivity index (χ2n) is 19.7. The Morgan fingerprint density at radius 3 is 2.63 bits per heavy atom. The number of methoxy groups -OCH3 is 1. The first-order valence-corrected chi connectivity index (χ1v) is 24.5. The summed E-state index contributed by atoms with van der Waals surface area (Å²) in [5.41, 5.74) is 8.79. The van der Waals surface area contributed by atoms with E-state index in [9.17, 15) is 24.0 Å².